The molecule has 1 aliphatic carbocycles. The van der Waals surface area contributed by atoms with E-state index in [-0.39, 0.29) is 18.0 Å². The Balaban J connectivity index is 2.46. The molecule has 2 bridgehead atoms. The SMILES string of the molecule is C=CC1(OC(C)=CC(=O)O)C2(C)COC1(C)CC(=O)C2. The van der Waals surface area contributed by atoms with Gasteiger partial charge in [-0.1, -0.05) is 13.5 Å². The summed E-state index contributed by atoms with van der Waals surface area (Å²) < 4.78 is 11.8. The molecule has 5 nitrogen and oxygen atoms in total. The van der Waals surface area contributed by atoms with Crippen LogP contribution in [0.25, 0.3) is 0 Å². The molecule has 0 aromatic rings. The highest BCUT2D eigenvalue weighted by Crippen LogP contribution is 2.58. The van der Waals surface area contributed by atoms with Gasteiger partial charge in [0, 0.05) is 18.3 Å². The van der Waals surface area contributed by atoms with E-state index in [1.807, 2.05) is 13.8 Å². The zero-order valence-electron chi connectivity index (χ0n) is 12.1. The van der Waals surface area contributed by atoms with Crippen molar-refractivity contribution in [2.75, 3.05) is 6.61 Å². The Bertz CT molecular complexity index is 484. The van der Waals surface area contributed by atoms with E-state index < -0.39 is 22.6 Å². The van der Waals surface area contributed by atoms with Crippen molar-refractivity contribution in [3.8, 4) is 0 Å². The first kappa shape index (κ1) is 14.8. The fourth-order valence-electron chi connectivity index (χ4n) is 3.60. The molecule has 110 valence electrons. The standard InChI is InChI=1S/C15H20O5/c1-5-15(20-10(2)6-12(17)18)13(3)7-11(16)8-14(15,4)19-9-13/h5-6H,1,7-9H2,2-4H3,(H,17,18). The third-order valence-corrected chi connectivity index (χ3v) is 4.45. The molecular weight excluding hydrogens is 260 g/mol. The van der Waals surface area contributed by atoms with Crippen LogP contribution in [0.2, 0.25) is 0 Å². The molecule has 1 saturated heterocycles. The van der Waals surface area contributed by atoms with Gasteiger partial charge in [-0.25, -0.2) is 4.79 Å². The number of Topliss-reactive ketones (excluding diaryl/α,β-unsaturated/α-hetero) is 1. The van der Waals surface area contributed by atoms with Crippen LogP contribution < -0.4 is 0 Å². The summed E-state index contributed by atoms with van der Waals surface area (Å²) >= 11 is 0. The van der Waals surface area contributed by atoms with Gasteiger partial charge in [0.25, 0.3) is 0 Å². The van der Waals surface area contributed by atoms with Crippen LogP contribution in [0.5, 0.6) is 0 Å². The van der Waals surface area contributed by atoms with Gasteiger partial charge in [0.05, 0.1) is 12.7 Å². The van der Waals surface area contributed by atoms with Gasteiger partial charge in [-0.15, -0.1) is 0 Å². The monoisotopic (exact) mass is 280 g/mol. The van der Waals surface area contributed by atoms with Crippen LogP contribution in [-0.4, -0.2) is 34.7 Å². The number of fused-ring (bicyclic) bond motifs is 2. The largest absolute Gasteiger partial charge is 0.484 e. The summed E-state index contributed by atoms with van der Waals surface area (Å²) in [6.45, 7) is 9.58. The smallest absolute Gasteiger partial charge is 0.331 e. The lowest BCUT2D eigenvalue weighted by atomic mass is 9.59. The summed E-state index contributed by atoms with van der Waals surface area (Å²) in [5.74, 6) is -0.666. The third kappa shape index (κ3) is 1.88. The number of hydrogen-bond donors (Lipinski definition) is 1. The number of aliphatic carboxylic acids is 1. The van der Waals surface area contributed by atoms with E-state index in [2.05, 4.69) is 6.58 Å². The van der Waals surface area contributed by atoms with Gasteiger partial charge >= 0.3 is 5.97 Å². The first-order chi connectivity index (χ1) is 9.18. The minimum absolute atomic E-state index is 0.133. The molecule has 2 rings (SSSR count). The van der Waals surface area contributed by atoms with Crippen LogP contribution in [-0.2, 0) is 19.1 Å². The molecule has 0 aromatic carbocycles. The molecule has 0 spiro atoms. The van der Waals surface area contributed by atoms with Gasteiger partial charge in [-0.2, -0.15) is 0 Å². The molecule has 1 heterocycles. The zero-order valence-corrected chi connectivity index (χ0v) is 12.1. The Morgan fingerprint density at radius 2 is 2.10 bits per heavy atom. The predicted molar refractivity (Wildman–Crippen MR) is 72.1 cm³/mol. The van der Waals surface area contributed by atoms with Crippen molar-refractivity contribution in [3.63, 3.8) is 0 Å². The lowest BCUT2D eigenvalue weighted by Crippen LogP contribution is -2.61. The van der Waals surface area contributed by atoms with Gasteiger partial charge in [-0.05, 0) is 19.9 Å². The summed E-state index contributed by atoms with van der Waals surface area (Å²) in [5.41, 5.74) is -2.25. The number of allylic oxidation sites excluding steroid dienone is 1. The molecule has 5 heteroatoms. The van der Waals surface area contributed by atoms with Crippen LogP contribution >= 0.6 is 0 Å². The second-order valence-electron chi connectivity index (χ2n) is 6.11. The minimum atomic E-state index is -1.07. The summed E-state index contributed by atoms with van der Waals surface area (Å²) in [6.07, 6.45) is 3.25. The second kappa shape index (κ2) is 4.45. The number of ketones is 1. The first-order valence-corrected chi connectivity index (χ1v) is 6.57. The molecule has 1 saturated carbocycles. The van der Waals surface area contributed by atoms with Crippen LogP contribution in [0.3, 0.4) is 0 Å². The lowest BCUT2D eigenvalue weighted by molar-refractivity contribution is -0.157. The van der Waals surface area contributed by atoms with Gasteiger partial charge < -0.3 is 14.6 Å². The zero-order chi connectivity index (χ0) is 15.2. The molecule has 0 aromatic heterocycles. The highest BCUT2D eigenvalue weighted by Gasteiger charge is 2.69. The van der Waals surface area contributed by atoms with E-state index in [9.17, 15) is 9.59 Å². The maximum atomic E-state index is 11.9. The van der Waals surface area contributed by atoms with Crippen molar-refractivity contribution in [3.05, 3.63) is 24.5 Å². The number of hydrogen-bond acceptors (Lipinski definition) is 4. The molecule has 3 unspecified atom stereocenters. The molecule has 2 fully saturated rings. The molecule has 2 aliphatic rings. The van der Waals surface area contributed by atoms with Crippen molar-refractivity contribution >= 4 is 11.8 Å². The highest BCUT2D eigenvalue weighted by molar-refractivity contribution is 5.83. The molecule has 1 aliphatic heterocycles. The summed E-state index contributed by atoms with van der Waals surface area (Å²) in [5, 5.41) is 8.82. The Kier molecular flexibility index (Phi) is 3.29. The number of carbonyl (C=O) groups is 2. The fraction of sp³-hybridized carbons (Fsp3) is 0.600. The van der Waals surface area contributed by atoms with E-state index in [0.29, 0.717) is 13.0 Å². The molecule has 20 heavy (non-hydrogen) atoms. The number of rotatable bonds is 4. The van der Waals surface area contributed by atoms with Crippen molar-refractivity contribution in [2.24, 2.45) is 5.41 Å². The Hall–Kier alpha value is -1.62. The Morgan fingerprint density at radius 1 is 1.45 bits per heavy atom. The van der Waals surface area contributed by atoms with Crippen LogP contribution in [0, 0.1) is 5.41 Å². The minimum Gasteiger partial charge on any atom is -0.484 e. The number of ether oxygens (including phenoxy) is 2. The summed E-state index contributed by atoms with van der Waals surface area (Å²) in [6, 6.07) is 0. The number of carboxylic acids is 1. The van der Waals surface area contributed by atoms with E-state index in [1.165, 1.54) is 0 Å². The molecular formula is C15H20O5. The normalized spacial score (nSPS) is 40.5. The maximum absolute atomic E-state index is 11.9. The molecule has 0 amide bonds. The molecule has 0 radical (unpaired) electrons. The quantitative estimate of drug-likeness (QED) is 0.485. The molecule has 3 atom stereocenters. The van der Waals surface area contributed by atoms with E-state index in [1.54, 1.807) is 13.0 Å². The fourth-order valence-corrected chi connectivity index (χ4v) is 3.60. The second-order valence-corrected chi connectivity index (χ2v) is 6.11. The Morgan fingerprint density at radius 3 is 2.60 bits per heavy atom. The van der Waals surface area contributed by atoms with Gasteiger partial charge in [0.15, 0.2) is 5.60 Å². The maximum Gasteiger partial charge on any atom is 0.331 e. The predicted octanol–water partition coefficient (Wildman–Crippen LogP) is 2.07. The average Bonchev–Trinajstić information content (AvgIpc) is 2.42. The summed E-state index contributed by atoms with van der Waals surface area (Å²) in [7, 11) is 0. The third-order valence-electron chi connectivity index (χ3n) is 4.45. The number of carboxylic acid groups (broad SMARTS) is 1. The topological polar surface area (TPSA) is 72.8 Å². The lowest BCUT2D eigenvalue weighted by Gasteiger charge is -2.50. The van der Waals surface area contributed by atoms with E-state index in [4.69, 9.17) is 14.6 Å². The van der Waals surface area contributed by atoms with Crippen LogP contribution in [0.4, 0.5) is 0 Å². The molecule has 1 N–H and O–H groups in total. The Labute approximate surface area is 118 Å². The van der Waals surface area contributed by atoms with Crippen LogP contribution in [0.15, 0.2) is 24.5 Å². The highest BCUT2D eigenvalue weighted by atomic mass is 16.6. The summed E-state index contributed by atoms with van der Waals surface area (Å²) in [4.78, 5) is 22.7. The van der Waals surface area contributed by atoms with E-state index >= 15 is 0 Å². The van der Waals surface area contributed by atoms with Crippen molar-refractivity contribution in [1.82, 2.24) is 0 Å². The number of carbonyl (C=O) groups excluding carboxylic acids is 1. The van der Waals surface area contributed by atoms with Gasteiger partial charge in [0.2, 0.25) is 0 Å². The van der Waals surface area contributed by atoms with E-state index in [0.717, 1.165) is 6.08 Å². The average molecular weight is 280 g/mol. The van der Waals surface area contributed by atoms with Gasteiger partial charge in [0.1, 0.15) is 17.1 Å². The van der Waals surface area contributed by atoms with Crippen LogP contribution in [0.1, 0.15) is 33.6 Å². The van der Waals surface area contributed by atoms with Gasteiger partial charge in [-0.3, -0.25) is 4.79 Å². The van der Waals surface area contributed by atoms with Crippen molar-refractivity contribution < 1.29 is 24.2 Å². The van der Waals surface area contributed by atoms with Crippen molar-refractivity contribution in [2.45, 2.75) is 44.8 Å². The van der Waals surface area contributed by atoms with Crippen molar-refractivity contribution in [1.29, 1.82) is 0 Å². The first-order valence-electron chi connectivity index (χ1n) is 6.57.